The van der Waals surface area contributed by atoms with Crippen molar-refractivity contribution in [1.29, 1.82) is 0 Å². The maximum Gasteiger partial charge on any atom is 0.337 e. The maximum atomic E-state index is 13.1. The van der Waals surface area contributed by atoms with Gasteiger partial charge in [0.05, 0.1) is 16.7 Å². The highest BCUT2D eigenvalue weighted by Gasteiger charge is 2.17. The van der Waals surface area contributed by atoms with E-state index in [1.807, 2.05) is 0 Å². The van der Waals surface area contributed by atoms with Crippen LogP contribution in [-0.2, 0) is 0 Å². The van der Waals surface area contributed by atoms with Crippen molar-refractivity contribution < 1.29 is 24.0 Å². The van der Waals surface area contributed by atoms with Gasteiger partial charge in [-0.15, -0.1) is 0 Å². The summed E-state index contributed by atoms with van der Waals surface area (Å²) >= 11 is 0. The second-order valence-electron chi connectivity index (χ2n) is 3.69. The number of halogens is 1. The fourth-order valence-corrected chi connectivity index (χ4v) is 1.44. The molecule has 1 heterocycles. The number of aromatic nitrogens is 1. The zero-order chi connectivity index (χ0) is 14.7. The molecule has 7 nitrogen and oxygen atoms in total. The van der Waals surface area contributed by atoms with E-state index in [4.69, 9.17) is 9.84 Å². The lowest BCUT2D eigenvalue weighted by Gasteiger charge is -2.06. The normalized spacial score (nSPS) is 10.1. The first kappa shape index (κ1) is 13.4. The molecule has 0 saturated heterocycles. The molecule has 2 rings (SSSR count). The monoisotopic (exact) mass is 278 g/mol. The molecule has 0 spiro atoms. The smallest absolute Gasteiger partial charge is 0.337 e. The van der Waals surface area contributed by atoms with Gasteiger partial charge in [0.2, 0.25) is 5.75 Å². The van der Waals surface area contributed by atoms with E-state index < -0.39 is 22.4 Å². The number of nitrogens with zero attached hydrogens (tertiary/aromatic N) is 2. The lowest BCUT2D eigenvalue weighted by molar-refractivity contribution is -0.385. The van der Waals surface area contributed by atoms with Gasteiger partial charge in [-0.25, -0.2) is 9.18 Å². The molecule has 0 bridgehead atoms. The Morgan fingerprint density at radius 1 is 1.35 bits per heavy atom. The van der Waals surface area contributed by atoms with Crippen LogP contribution in [0.25, 0.3) is 0 Å². The third-order valence-electron chi connectivity index (χ3n) is 2.31. The molecule has 2 aromatic rings. The summed E-state index contributed by atoms with van der Waals surface area (Å²) in [5.41, 5.74) is -0.589. The Labute approximate surface area is 111 Å². The van der Waals surface area contributed by atoms with Crippen LogP contribution in [0.4, 0.5) is 10.1 Å². The van der Waals surface area contributed by atoms with Crippen molar-refractivity contribution in [3.05, 3.63) is 58.2 Å². The first-order chi connectivity index (χ1) is 9.47. The second-order valence-corrected chi connectivity index (χ2v) is 3.69. The van der Waals surface area contributed by atoms with Gasteiger partial charge in [0, 0.05) is 18.3 Å². The lowest BCUT2D eigenvalue weighted by Crippen LogP contribution is -1.99. The van der Waals surface area contributed by atoms with Crippen molar-refractivity contribution in [2.45, 2.75) is 0 Å². The van der Waals surface area contributed by atoms with Crippen LogP contribution in [0.1, 0.15) is 10.4 Å². The minimum Gasteiger partial charge on any atom is -0.478 e. The summed E-state index contributed by atoms with van der Waals surface area (Å²) < 4.78 is 18.2. The predicted octanol–water partition coefficient (Wildman–Crippen LogP) is 2.62. The quantitative estimate of drug-likeness (QED) is 0.681. The van der Waals surface area contributed by atoms with E-state index in [1.165, 1.54) is 6.20 Å². The average molecular weight is 278 g/mol. The Bertz CT molecular complexity index is 689. The Hall–Kier alpha value is -3.03. The maximum absolute atomic E-state index is 13.1. The molecule has 20 heavy (non-hydrogen) atoms. The Morgan fingerprint density at radius 3 is 2.75 bits per heavy atom. The Kier molecular flexibility index (Phi) is 3.56. The number of rotatable bonds is 4. The van der Waals surface area contributed by atoms with Crippen LogP contribution in [0, 0.1) is 15.9 Å². The first-order valence-corrected chi connectivity index (χ1v) is 5.27. The van der Waals surface area contributed by atoms with Crippen LogP contribution in [0.15, 0.2) is 36.7 Å². The molecule has 1 aromatic heterocycles. The first-order valence-electron chi connectivity index (χ1n) is 5.27. The lowest BCUT2D eigenvalue weighted by atomic mass is 10.2. The van der Waals surface area contributed by atoms with E-state index >= 15 is 0 Å². The number of nitro groups is 1. The third kappa shape index (κ3) is 2.86. The van der Waals surface area contributed by atoms with Gasteiger partial charge in [-0.05, 0) is 12.1 Å². The van der Waals surface area contributed by atoms with E-state index in [9.17, 15) is 19.3 Å². The summed E-state index contributed by atoms with van der Waals surface area (Å²) in [7, 11) is 0. The van der Waals surface area contributed by atoms with Crippen molar-refractivity contribution >= 4 is 11.7 Å². The minimum atomic E-state index is -1.23. The zero-order valence-electron chi connectivity index (χ0n) is 9.82. The van der Waals surface area contributed by atoms with Gasteiger partial charge in [0.25, 0.3) is 0 Å². The number of carboxylic acid groups (broad SMARTS) is 1. The largest absolute Gasteiger partial charge is 0.478 e. The number of hydrogen-bond donors (Lipinski definition) is 1. The summed E-state index contributed by atoms with van der Waals surface area (Å²) in [5.74, 6) is -2.32. The predicted molar refractivity (Wildman–Crippen MR) is 64.3 cm³/mol. The van der Waals surface area contributed by atoms with E-state index in [0.29, 0.717) is 0 Å². The molecule has 0 aliphatic rings. The van der Waals surface area contributed by atoms with Gasteiger partial charge in [-0.2, -0.15) is 0 Å². The number of hydrogen-bond acceptors (Lipinski definition) is 5. The molecule has 8 heteroatoms. The fourth-order valence-electron chi connectivity index (χ4n) is 1.44. The molecule has 0 radical (unpaired) electrons. The standard InChI is InChI=1S/C12H7FN2O5/c13-8-1-2-10(15(18)19)11(4-8)20-9-3-7(12(16)17)5-14-6-9/h1-6H,(H,16,17). The van der Waals surface area contributed by atoms with Crippen molar-refractivity contribution in [2.24, 2.45) is 0 Å². The van der Waals surface area contributed by atoms with Crippen LogP contribution in [0.3, 0.4) is 0 Å². The van der Waals surface area contributed by atoms with E-state index in [0.717, 1.165) is 30.5 Å². The van der Waals surface area contributed by atoms with Crippen LogP contribution >= 0.6 is 0 Å². The number of nitro benzene ring substituents is 1. The minimum absolute atomic E-state index is 0.0430. The summed E-state index contributed by atoms with van der Waals surface area (Å²) in [5, 5.41) is 19.6. The number of carboxylic acids is 1. The van der Waals surface area contributed by atoms with E-state index in [2.05, 4.69) is 4.98 Å². The summed E-state index contributed by atoms with van der Waals surface area (Å²) in [6.07, 6.45) is 2.26. The van der Waals surface area contributed by atoms with Crippen molar-refractivity contribution in [3.8, 4) is 11.5 Å². The molecule has 0 saturated carbocycles. The highest BCUT2D eigenvalue weighted by molar-refractivity contribution is 5.87. The molecule has 102 valence electrons. The van der Waals surface area contributed by atoms with Gasteiger partial charge in [0.15, 0.2) is 0 Å². The van der Waals surface area contributed by atoms with Gasteiger partial charge in [0.1, 0.15) is 11.6 Å². The summed E-state index contributed by atoms with van der Waals surface area (Å²) in [6, 6.07) is 3.85. The van der Waals surface area contributed by atoms with Gasteiger partial charge < -0.3 is 9.84 Å². The van der Waals surface area contributed by atoms with Crippen molar-refractivity contribution in [1.82, 2.24) is 4.98 Å². The number of pyridine rings is 1. The zero-order valence-corrected chi connectivity index (χ0v) is 9.82. The molecule has 1 N–H and O–H groups in total. The number of carbonyl (C=O) groups is 1. The third-order valence-corrected chi connectivity index (χ3v) is 2.31. The highest BCUT2D eigenvalue weighted by atomic mass is 19.1. The van der Waals surface area contributed by atoms with Gasteiger partial charge in [-0.3, -0.25) is 15.1 Å². The van der Waals surface area contributed by atoms with Crippen LogP contribution in [0.5, 0.6) is 11.5 Å². The fraction of sp³-hybridized carbons (Fsp3) is 0. The summed E-state index contributed by atoms with van der Waals surface area (Å²) in [4.78, 5) is 24.5. The topological polar surface area (TPSA) is 103 Å². The Morgan fingerprint density at radius 2 is 2.10 bits per heavy atom. The van der Waals surface area contributed by atoms with Gasteiger partial charge in [-0.1, -0.05) is 0 Å². The Balaban J connectivity index is 2.39. The molecule has 1 aromatic carbocycles. The van der Waals surface area contributed by atoms with Crippen LogP contribution in [0.2, 0.25) is 0 Å². The SMILES string of the molecule is O=C(O)c1cncc(Oc2cc(F)ccc2[N+](=O)[O-])c1. The molecule has 0 fully saturated rings. The number of ether oxygens (including phenoxy) is 1. The van der Waals surface area contributed by atoms with Crippen LogP contribution in [-0.4, -0.2) is 21.0 Å². The molecule has 0 aliphatic carbocycles. The molecule has 0 amide bonds. The van der Waals surface area contributed by atoms with Gasteiger partial charge >= 0.3 is 11.7 Å². The molecular weight excluding hydrogens is 271 g/mol. The molecule has 0 atom stereocenters. The van der Waals surface area contributed by atoms with Crippen LogP contribution < -0.4 is 4.74 Å². The van der Waals surface area contributed by atoms with Crippen molar-refractivity contribution in [2.75, 3.05) is 0 Å². The van der Waals surface area contributed by atoms with Crippen molar-refractivity contribution in [3.63, 3.8) is 0 Å². The molecule has 0 aliphatic heterocycles. The average Bonchev–Trinajstić information content (AvgIpc) is 2.38. The number of aromatic carboxylic acids is 1. The summed E-state index contributed by atoms with van der Waals surface area (Å²) in [6.45, 7) is 0. The van der Waals surface area contributed by atoms with E-state index in [-0.39, 0.29) is 17.1 Å². The molecule has 0 unspecified atom stereocenters. The second kappa shape index (κ2) is 5.31. The highest BCUT2D eigenvalue weighted by Crippen LogP contribution is 2.31. The number of benzene rings is 1. The van der Waals surface area contributed by atoms with E-state index in [1.54, 1.807) is 0 Å². The molecular formula is C12H7FN2O5.